The van der Waals surface area contributed by atoms with Crippen molar-refractivity contribution >= 4 is 40.0 Å². The van der Waals surface area contributed by atoms with E-state index in [9.17, 15) is 9.59 Å². The number of hydrogen-bond donors (Lipinski definition) is 0. The highest BCUT2D eigenvalue weighted by atomic mass is 35.5. The summed E-state index contributed by atoms with van der Waals surface area (Å²) in [6.45, 7) is 8.26. The number of amides is 1. The van der Waals surface area contributed by atoms with Gasteiger partial charge in [-0.1, -0.05) is 61.3 Å². The molecule has 3 aromatic rings. The van der Waals surface area contributed by atoms with Crippen LogP contribution in [0.3, 0.4) is 0 Å². The Bertz CT molecular complexity index is 1120. The Kier molecular flexibility index (Phi) is 6.84. The predicted molar refractivity (Wildman–Crippen MR) is 123 cm³/mol. The van der Waals surface area contributed by atoms with Crippen molar-refractivity contribution in [1.82, 2.24) is 14.5 Å². The van der Waals surface area contributed by atoms with Crippen LogP contribution in [0.4, 0.5) is 0 Å². The van der Waals surface area contributed by atoms with Crippen molar-refractivity contribution in [2.24, 2.45) is 5.92 Å². The van der Waals surface area contributed by atoms with Gasteiger partial charge >= 0.3 is 0 Å². The van der Waals surface area contributed by atoms with Gasteiger partial charge in [0.1, 0.15) is 5.82 Å². The topological polar surface area (TPSA) is 55.2 Å². The highest BCUT2D eigenvalue weighted by Gasteiger charge is 2.30. The lowest BCUT2D eigenvalue weighted by Gasteiger charge is -2.32. The lowest BCUT2D eigenvalue weighted by atomic mass is 10.1. The van der Waals surface area contributed by atoms with Crippen LogP contribution in [0.1, 0.15) is 38.2 Å². The van der Waals surface area contributed by atoms with Gasteiger partial charge in [-0.3, -0.25) is 14.2 Å². The fraction of sp³-hybridized carbons (Fsp3) is 0.348. The molecule has 7 heteroatoms. The normalized spacial score (nSPS) is 12.5. The van der Waals surface area contributed by atoms with E-state index in [1.165, 1.54) is 0 Å². The van der Waals surface area contributed by atoms with Crippen molar-refractivity contribution in [2.75, 3.05) is 6.54 Å². The molecule has 0 aliphatic carbocycles. The molecule has 0 saturated heterocycles. The third kappa shape index (κ3) is 4.52. The van der Waals surface area contributed by atoms with E-state index in [2.05, 4.69) is 0 Å². The Hall–Kier alpha value is -2.37. The number of alkyl halides is 2. The maximum absolute atomic E-state index is 13.5. The van der Waals surface area contributed by atoms with Crippen LogP contribution < -0.4 is 5.56 Å². The third-order valence-corrected chi connectivity index (χ3v) is 5.31. The molecule has 0 N–H and O–H groups in total. The Labute approximate surface area is 186 Å². The first-order chi connectivity index (χ1) is 14.2. The average Bonchev–Trinajstić information content (AvgIpc) is 2.70. The highest BCUT2D eigenvalue weighted by molar-refractivity contribution is 6.53. The van der Waals surface area contributed by atoms with E-state index < -0.39 is 16.8 Å². The number of aryl methyl sites for hydroxylation is 1. The van der Waals surface area contributed by atoms with E-state index >= 15 is 0 Å². The molecular weight excluding hydrogens is 421 g/mol. The molecular formula is C23H25Cl2N3O2. The first-order valence-electron chi connectivity index (χ1n) is 9.88. The molecule has 30 heavy (non-hydrogen) atoms. The van der Waals surface area contributed by atoms with E-state index in [1.807, 2.05) is 64.1 Å². The minimum absolute atomic E-state index is 0.182. The molecule has 158 valence electrons. The van der Waals surface area contributed by atoms with Crippen molar-refractivity contribution in [3.8, 4) is 5.69 Å². The molecule has 2 aromatic carbocycles. The number of carbonyl (C=O) groups is 1. The number of aromatic nitrogens is 2. The summed E-state index contributed by atoms with van der Waals surface area (Å²) in [4.78, 5) is 31.5. The maximum Gasteiger partial charge on any atom is 0.266 e. The molecule has 3 rings (SSSR count). The summed E-state index contributed by atoms with van der Waals surface area (Å²) in [5, 5.41) is 0.518. The average molecular weight is 446 g/mol. The molecule has 0 spiro atoms. The van der Waals surface area contributed by atoms with Crippen LogP contribution in [0.25, 0.3) is 16.6 Å². The van der Waals surface area contributed by atoms with Crippen molar-refractivity contribution in [2.45, 2.75) is 38.6 Å². The van der Waals surface area contributed by atoms with E-state index in [-0.39, 0.29) is 11.5 Å². The van der Waals surface area contributed by atoms with Crippen LogP contribution in [0.5, 0.6) is 0 Å². The molecule has 0 bridgehead atoms. The quantitative estimate of drug-likeness (QED) is 0.499. The second kappa shape index (κ2) is 9.19. The Balaban J connectivity index is 2.28. The molecule has 5 nitrogen and oxygen atoms in total. The number of hydrogen-bond acceptors (Lipinski definition) is 3. The number of fused-ring (bicyclic) bond motifs is 1. The smallest absolute Gasteiger partial charge is 0.266 e. The van der Waals surface area contributed by atoms with Gasteiger partial charge in [0.25, 0.3) is 11.5 Å². The van der Waals surface area contributed by atoms with Gasteiger partial charge in [-0.15, -0.1) is 0 Å². The summed E-state index contributed by atoms with van der Waals surface area (Å²) in [6, 6.07) is 14.3. The van der Waals surface area contributed by atoms with Crippen molar-refractivity contribution in [3.63, 3.8) is 0 Å². The number of halogens is 2. The summed E-state index contributed by atoms with van der Waals surface area (Å²) in [5.74, 6) is 0.244. The van der Waals surface area contributed by atoms with Crippen LogP contribution in [-0.2, 0) is 4.79 Å². The van der Waals surface area contributed by atoms with Crippen LogP contribution in [0.2, 0.25) is 0 Å². The summed E-state index contributed by atoms with van der Waals surface area (Å²) in [7, 11) is 0. The van der Waals surface area contributed by atoms with E-state index in [0.717, 1.165) is 5.56 Å². The minimum atomic E-state index is -1.19. The monoisotopic (exact) mass is 445 g/mol. The molecule has 1 amide bonds. The lowest BCUT2D eigenvalue weighted by molar-refractivity contribution is -0.132. The summed E-state index contributed by atoms with van der Waals surface area (Å²) < 4.78 is 1.58. The van der Waals surface area contributed by atoms with Crippen molar-refractivity contribution < 1.29 is 4.79 Å². The number of carbonyl (C=O) groups excluding carboxylic acids is 1. The van der Waals surface area contributed by atoms with Crippen molar-refractivity contribution in [1.29, 1.82) is 0 Å². The molecule has 0 aliphatic rings. The van der Waals surface area contributed by atoms with E-state index in [0.29, 0.717) is 29.0 Å². The SMILES string of the molecule is Cc1cccc(-n2c(C(C)N(CC(C)C)C(=O)C(Cl)Cl)nc3ccccc3c2=O)c1. The molecule has 0 radical (unpaired) electrons. The number of benzene rings is 2. The fourth-order valence-corrected chi connectivity index (χ4v) is 3.79. The van der Waals surface area contributed by atoms with Crippen LogP contribution in [0, 0.1) is 12.8 Å². The summed E-state index contributed by atoms with van der Waals surface area (Å²) in [6.07, 6.45) is 0. The van der Waals surface area contributed by atoms with Gasteiger partial charge in [0.05, 0.1) is 22.6 Å². The van der Waals surface area contributed by atoms with E-state index in [4.69, 9.17) is 28.2 Å². The van der Waals surface area contributed by atoms with Crippen molar-refractivity contribution in [3.05, 3.63) is 70.3 Å². The molecule has 1 heterocycles. The fourth-order valence-electron chi connectivity index (χ4n) is 3.54. The lowest BCUT2D eigenvalue weighted by Crippen LogP contribution is -2.41. The van der Waals surface area contributed by atoms with Crippen LogP contribution in [-0.4, -0.2) is 31.7 Å². The Morgan fingerprint density at radius 2 is 1.80 bits per heavy atom. The highest BCUT2D eigenvalue weighted by Crippen LogP contribution is 2.26. The zero-order valence-corrected chi connectivity index (χ0v) is 19.0. The van der Waals surface area contributed by atoms with Crippen LogP contribution in [0.15, 0.2) is 53.3 Å². The van der Waals surface area contributed by atoms with Gasteiger partial charge in [-0.05, 0) is 49.6 Å². The molecule has 1 atom stereocenters. The maximum atomic E-state index is 13.5. The number of rotatable bonds is 6. The van der Waals surface area contributed by atoms with Gasteiger partial charge in [0, 0.05) is 6.54 Å². The Morgan fingerprint density at radius 1 is 1.10 bits per heavy atom. The molecule has 1 unspecified atom stereocenters. The summed E-state index contributed by atoms with van der Waals surface area (Å²) in [5.41, 5.74) is 2.12. The molecule has 1 aromatic heterocycles. The zero-order valence-electron chi connectivity index (χ0n) is 17.5. The number of para-hydroxylation sites is 1. The van der Waals surface area contributed by atoms with Gasteiger partial charge in [0.2, 0.25) is 0 Å². The van der Waals surface area contributed by atoms with Crippen LogP contribution >= 0.6 is 23.2 Å². The number of nitrogens with zero attached hydrogens (tertiary/aromatic N) is 3. The second-order valence-electron chi connectivity index (χ2n) is 7.83. The molecule has 0 fully saturated rings. The first-order valence-corrected chi connectivity index (χ1v) is 10.7. The zero-order chi connectivity index (χ0) is 22.0. The minimum Gasteiger partial charge on any atom is -0.330 e. The largest absolute Gasteiger partial charge is 0.330 e. The second-order valence-corrected chi connectivity index (χ2v) is 8.92. The predicted octanol–water partition coefficient (Wildman–Crippen LogP) is 5.04. The standard InChI is InChI=1S/C23H25Cl2N3O2/c1-14(2)13-27(23(30)20(24)25)16(4)21-26-19-11-6-5-10-18(19)22(29)28(21)17-9-7-8-15(3)12-17/h5-12,14,16,20H,13H2,1-4H3. The van der Waals surface area contributed by atoms with E-state index in [1.54, 1.807) is 21.6 Å². The van der Waals surface area contributed by atoms with Gasteiger partial charge < -0.3 is 4.90 Å². The third-order valence-electron chi connectivity index (χ3n) is 4.93. The Morgan fingerprint density at radius 3 is 2.43 bits per heavy atom. The van der Waals surface area contributed by atoms with Gasteiger partial charge in [0.15, 0.2) is 4.84 Å². The first kappa shape index (κ1) is 22.3. The van der Waals surface area contributed by atoms with Gasteiger partial charge in [-0.25, -0.2) is 4.98 Å². The molecule has 0 aliphatic heterocycles. The molecule has 0 saturated carbocycles. The summed E-state index contributed by atoms with van der Waals surface area (Å²) >= 11 is 11.9. The van der Waals surface area contributed by atoms with Gasteiger partial charge in [-0.2, -0.15) is 0 Å².